The van der Waals surface area contributed by atoms with Gasteiger partial charge in [-0.2, -0.15) is 4.52 Å². The number of hydrogen-bond acceptors (Lipinski definition) is 7. The number of benzene rings is 1. The molecule has 4 rings (SSSR count). The molecule has 0 saturated carbocycles. The Kier molecular flexibility index (Phi) is 4.79. The number of anilines is 1. The molecule has 3 heterocycles. The number of thioether (sulfide) groups is 1. The number of carbonyl (C=O) groups excluding carboxylic acids is 1. The first-order chi connectivity index (χ1) is 13.1. The molecule has 7 nitrogen and oxygen atoms in total. The Morgan fingerprint density at radius 2 is 2.07 bits per heavy atom. The molecule has 0 aliphatic rings. The fourth-order valence-corrected chi connectivity index (χ4v) is 4.72. The fourth-order valence-electron chi connectivity index (χ4n) is 2.84. The lowest BCUT2D eigenvalue weighted by Gasteiger charge is -2.14. The van der Waals surface area contributed by atoms with Crippen molar-refractivity contribution in [2.24, 2.45) is 0 Å². The Morgan fingerprint density at radius 1 is 1.26 bits per heavy atom. The molecule has 0 aliphatic carbocycles. The van der Waals surface area contributed by atoms with Gasteiger partial charge in [-0.15, -0.1) is 16.4 Å². The summed E-state index contributed by atoms with van der Waals surface area (Å²) in [7, 11) is 0. The molecule has 0 atom stereocenters. The van der Waals surface area contributed by atoms with Gasteiger partial charge in [-0.25, -0.2) is 15.0 Å². The van der Waals surface area contributed by atoms with E-state index in [9.17, 15) is 4.79 Å². The summed E-state index contributed by atoms with van der Waals surface area (Å²) in [5, 5.41) is 8.97. The third kappa shape index (κ3) is 3.40. The first-order valence-corrected chi connectivity index (χ1v) is 10.4. The van der Waals surface area contributed by atoms with Crippen molar-refractivity contribution in [3.63, 3.8) is 0 Å². The molecule has 0 aliphatic heterocycles. The predicted octanol–water partition coefficient (Wildman–Crippen LogP) is 3.71. The van der Waals surface area contributed by atoms with Crippen molar-refractivity contribution in [1.82, 2.24) is 24.6 Å². The molecule has 0 N–H and O–H groups in total. The summed E-state index contributed by atoms with van der Waals surface area (Å²) in [6.45, 7) is 5.99. The number of amides is 1. The molecule has 4 aromatic rings. The van der Waals surface area contributed by atoms with Crippen LogP contribution in [0.2, 0.25) is 0 Å². The van der Waals surface area contributed by atoms with Gasteiger partial charge in [0.25, 0.3) is 0 Å². The minimum absolute atomic E-state index is 0.00190. The zero-order valence-electron chi connectivity index (χ0n) is 15.2. The number of aryl methyl sites for hydroxylation is 1. The van der Waals surface area contributed by atoms with Crippen LogP contribution in [-0.4, -0.2) is 37.0 Å². The smallest absolute Gasteiger partial charge is 0.225 e. The number of rotatable bonds is 5. The molecule has 27 heavy (non-hydrogen) atoms. The molecule has 0 saturated heterocycles. The molecule has 0 radical (unpaired) electrons. The van der Waals surface area contributed by atoms with Crippen molar-refractivity contribution in [2.45, 2.75) is 31.7 Å². The second kappa shape index (κ2) is 7.24. The van der Waals surface area contributed by atoms with Crippen molar-refractivity contribution in [2.75, 3.05) is 11.4 Å². The largest absolute Gasteiger partial charge is 0.289 e. The topological polar surface area (TPSA) is 76.3 Å². The Morgan fingerprint density at radius 3 is 2.85 bits per heavy atom. The number of fused-ring (bicyclic) bond motifs is 3. The predicted molar refractivity (Wildman–Crippen MR) is 108 cm³/mol. The van der Waals surface area contributed by atoms with Crippen LogP contribution in [0.5, 0.6) is 0 Å². The van der Waals surface area contributed by atoms with E-state index in [1.165, 1.54) is 11.3 Å². The zero-order valence-corrected chi connectivity index (χ0v) is 16.8. The molecule has 138 valence electrons. The van der Waals surface area contributed by atoms with Crippen LogP contribution in [0.4, 0.5) is 5.13 Å². The Bertz CT molecular complexity index is 1140. The minimum Gasteiger partial charge on any atom is -0.289 e. The molecule has 0 spiro atoms. The van der Waals surface area contributed by atoms with Crippen LogP contribution in [0.1, 0.15) is 25.4 Å². The van der Waals surface area contributed by atoms with Gasteiger partial charge in [-0.05, 0) is 26.0 Å². The molecule has 0 unspecified atom stereocenters. The van der Waals surface area contributed by atoms with Gasteiger partial charge in [-0.1, -0.05) is 23.9 Å². The Hall–Kier alpha value is -2.52. The highest BCUT2D eigenvalue weighted by Crippen LogP contribution is 2.28. The number of thiazole rings is 1. The van der Waals surface area contributed by atoms with Crippen LogP contribution in [0.15, 0.2) is 34.8 Å². The molecule has 0 fully saturated rings. The number of hydrogen-bond donors (Lipinski definition) is 0. The average molecular weight is 399 g/mol. The highest BCUT2D eigenvalue weighted by molar-refractivity contribution is 7.98. The van der Waals surface area contributed by atoms with E-state index in [1.54, 1.807) is 28.1 Å². The third-order valence-electron chi connectivity index (χ3n) is 4.07. The number of nitrogens with zero attached hydrogens (tertiary/aromatic N) is 6. The van der Waals surface area contributed by atoms with Gasteiger partial charge < -0.3 is 0 Å². The van der Waals surface area contributed by atoms with E-state index in [0.29, 0.717) is 18.1 Å². The Labute approximate surface area is 164 Å². The van der Waals surface area contributed by atoms with Crippen LogP contribution >= 0.6 is 23.1 Å². The van der Waals surface area contributed by atoms with Crippen molar-refractivity contribution in [3.05, 3.63) is 41.2 Å². The highest BCUT2D eigenvalue weighted by atomic mass is 32.2. The van der Waals surface area contributed by atoms with Crippen LogP contribution in [0.3, 0.4) is 0 Å². The summed E-state index contributed by atoms with van der Waals surface area (Å²) in [5.74, 6) is 1.36. The van der Waals surface area contributed by atoms with E-state index in [1.807, 2.05) is 43.5 Å². The van der Waals surface area contributed by atoms with Crippen LogP contribution in [0.25, 0.3) is 16.6 Å². The molecule has 9 heteroatoms. The van der Waals surface area contributed by atoms with Crippen molar-refractivity contribution >= 4 is 50.7 Å². The van der Waals surface area contributed by atoms with E-state index in [4.69, 9.17) is 4.98 Å². The van der Waals surface area contributed by atoms with E-state index in [2.05, 4.69) is 15.1 Å². The first-order valence-electron chi connectivity index (χ1n) is 8.54. The quantitative estimate of drug-likeness (QED) is 0.377. The monoisotopic (exact) mass is 398 g/mol. The fraction of sp³-hybridized carbons (Fsp3) is 0.278. The molecule has 3 aromatic heterocycles. The van der Waals surface area contributed by atoms with Crippen molar-refractivity contribution < 1.29 is 4.79 Å². The zero-order chi connectivity index (χ0) is 19.0. The lowest BCUT2D eigenvalue weighted by molar-refractivity contribution is -0.116. The third-order valence-corrected chi connectivity index (χ3v) is 5.95. The maximum absolute atomic E-state index is 11.7. The molecular weight excluding hydrogens is 380 g/mol. The summed E-state index contributed by atoms with van der Waals surface area (Å²) in [5.41, 5.74) is 2.63. The molecule has 1 aromatic carbocycles. The average Bonchev–Trinajstić information content (AvgIpc) is 3.26. The van der Waals surface area contributed by atoms with Crippen LogP contribution in [-0.2, 0) is 10.5 Å². The summed E-state index contributed by atoms with van der Waals surface area (Å²) in [6.07, 6.45) is 0. The van der Waals surface area contributed by atoms with E-state index >= 15 is 0 Å². The summed E-state index contributed by atoms with van der Waals surface area (Å²) < 4.78 is 1.80. The summed E-state index contributed by atoms with van der Waals surface area (Å²) in [4.78, 5) is 27.3. The van der Waals surface area contributed by atoms with Gasteiger partial charge in [-0.3, -0.25) is 9.69 Å². The van der Waals surface area contributed by atoms with E-state index in [-0.39, 0.29) is 5.91 Å². The number of aromatic nitrogens is 5. The highest BCUT2D eigenvalue weighted by Gasteiger charge is 2.15. The van der Waals surface area contributed by atoms with Crippen LogP contribution < -0.4 is 4.90 Å². The second-order valence-electron chi connectivity index (χ2n) is 5.98. The van der Waals surface area contributed by atoms with Gasteiger partial charge >= 0.3 is 0 Å². The molecule has 0 bridgehead atoms. The first kappa shape index (κ1) is 17.9. The van der Waals surface area contributed by atoms with Gasteiger partial charge in [0.05, 0.1) is 11.2 Å². The van der Waals surface area contributed by atoms with Crippen molar-refractivity contribution in [3.8, 4) is 0 Å². The normalized spacial score (nSPS) is 11.4. The van der Waals surface area contributed by atoms with Crippen molar-refractivity contribution in [1.29, 1.82) is 0 Å². The summed E-state index contributed by atoms with van der Waals surface area (Å²) in [6, 6.07) is 7.94. The van der Waals surface area contributed by atoms with Gasteiger partial charge in [0.2, 0.25) is 5.91 Å². The maximum Gasteiger partial charge on any atom is 0.225 e. The second-order valence-corrected chi connectivity index (χ2v) is 7.76. The Balaban J connectivity index is 1.64. The number of para-hydroxylation sites is 1. The summed E-state index contributed by atoms with van der Waals surface area (Å²) >= 11 is 3.04. The van der Waals surface area contributed by atoms with Gasteiger partial charge in [0.15, 0.2) is 15.9 Å². The van der Waals surface area contributed by atoms with Crippen LogP contribution in [0, 0.1) is 6.92 Å². The SMILES string of the molecule is CCN(C(C)=O)c1nc(CSc2nc3ccccc3c3nc(C)nn23)cs1. The lowest BCUT2D eigenvalue weighted by Crippen LogP contribution is -2.27. The standard InChI is InChI=1S/C18H18N6OS2/c1-4-23(12(3)25)17-20-13(9-26-17)10-27-18-21-15-8-6-5-7-14(15)16-19-11(2)22-24(16)18/h5-9H,4,10H2,1-3H3. The minimum atomic E-state index is 0.00190. The molecular formula is C18H18N6OS2. The number of carbonyl (C=O) groups is 1. The van der Waals surface area contributed by atoms with Gasteiger partial charge in [0.1, 0.15) is 5.82 Å². The maximum atomic E-state index is 11.7. The van der Waals surface area contributed by atoms with E-state index in [0.717, 1.165) is 32.5 Å². The molecule has 1 amide bonds. The van der Waals surface area contributed by atoms with E-state index < -0.39 is 0 Å². The van der Waals surface area contributed by atoms with Gasteiger partial charge in [0, 0.05) is 30.0 Å². The lowest BCUT2D eigenvalue weighted by atomic mass is 10.2.